The molecule has 7 heteroatoms. The minimum Gasteiger partial charge on any atom is -0.506 e. The van der Waals surface area contributed by atoms with E-state index in [1.807, 2.05) is 41.3 Å². The highest BCUT2D eigenvalue weighted by atomic mass is 35.5. The molecule has 5 rings (SSSR count). The van der Waals surface area contributed by atoms with Crippen LogP contribution in [-0.2, 0) is 0 Å². The number of aromatic nitrogens is 2. The topological polar surface area (TPSA) is 53.3 Å². The van der Waals surface area contributed by atoms with Crippen molar-refractivity contribution in [1.82, 2.24) is 14.9 Å². The smallest absolute Gasteiger partial charge is 0.174 e. The molecule has 2 aromatic carbocycles. The van der Waals surface area contributed by atoms with E-state index in [1.165, 1.54) is 0 Å². The van der Waals surface area contributed by atoms with Crippen LogP contribution in [0.25, 0.3) is 5.69 Å². The second kappa shape index (κ2) is 8.30. The molecule has 160 valence electrons. The van der Waals surface area contributed by atoms with Crippen LogP contribution >= 0.6 is 23.8 Å². The van der Waals surface area contributed by atoms with Crippen molar-refractivity contribution in [3.63, 3.8) is 0 Å². The fourth-order valence-corrected chi connectivity index (χ4v) is 4.83. The van der Waals surface area contributed by atoms with Crippen LogP contribution in [0.4, 0.5) is 5.69 Å². The summed E-state index contributed by atoms with van der Waals surface area (Å²) in [6.07, 6.45) is 1.78. The summed E-state index contributed by atoms with van der Waals surface area (Å²) in [6.45, 7) is 2.08. The molecule has 1 aliphatic heterocycles. The maximum Gasteiger partial charge on any atom is 0.174 e. The lowest BCUT2D eigenvalue weighted by atomic mass is 10.0. The van der Waals surface area contributed by atoms with Crippen molar-refractivity contribution in [2.24, 2.45) is 0 Å². The van der Waals surface area contributed by atoms with E-state index in [2.05, 4.69) is 46.1 Å². The summed E-state index contributed by atoms with van der Waals surface area (Å²) in [5.41, 5.74) is 4.59. The Kier molecular flexibility index (Phi) is 5.33. The molecule has 1 saturated heterocycles. The maximum absolute atomic E-state index is 10.7. The van der Waals surface area contributed by atoms with Crippen molar-refractivity contribution in [2.45, 2.75) is 19.0 Å². The molecule has 0 bridgehead atoms. The van der Waals surface area contributed by atoms with Crippen LogP contribution in [0, 0.1) is 6.92 Å². The van der Waals surface area contributed by atoms with Crippen molar-refractivity contribution in [2.75, 3.05) is 4.90 Å². The van der Waals surface area contributed by atoms with Crippen LogP contribution in [0.15, 0.2) is 85.1 Å². The molecule has 0 radical (unpaired) electrons. The van der Waals surface area contributed by atoms with Crippen LogP contribution in [0.3, 0.4) is 0 Å². The number of nitrogens with one attached hydrogen (secondary N) is 1. The Morgan fingerprint density at radius 3 is 2.53 bits per heavy atom. The SMILES string of the molecule is Cc1ccc([C@@H]2[C@@H](c3ccccn3)NC(=S)N2c2cc(Cl)ccc2O)n1-c1ccccc1. The standard InChI is InChI=1S/C25H21ClN4OS/c1-16-10-12-20(29(16)18-7-3-2-4-8-18)24-23(19-9-5-6-14-27-19)28-25(32)30(24)21-15-17(26)11-13-22(21)31/h2-15,23-24,31H,1H3,(H,28,32)/t23-,24-/m1/s1. The van der Waals surface area contributed by atoms with Gasteiger partial charge in [0.25, 0.3) is 0 Å². The molecule has 1 fully saturated rings. The van der Waals surface area contributed by atoms with E-state index in [9.17, 15) is 5.11 Å². The molecule has 2 atom stereocenters. The normalized spacial score (nSPS) is 18.1. The van der Waals surface area contributed by atoms with Gasteiger partial charge in [-0.05, 0) is 73.7 Å². The largest absolute Gasteiger partial charge is 0.506 e. The summed E-state index contributed by atoms with van der Waals surface area (Å²) in [7, 11) is 0. The second-order valence-corrected chi connectivity index (χ2v) is 8.52. The number of aryl methyl sites for hydroxylation is 1. The fraction of sp³-hybridized carbons (Fsp3) is 0.120. The van der Waals surface area contributed by atoms with E-state index in [0.29, 0.717) is 15.8 Å². The Morgan fingerprint density at radius 2 is 1.78 bits per heavy atom. The third-order valence-electron chi connectivity index (χ3n) is 5.72. The molecular weight excluding hydrogens is 440 g/mol. The summed E-state index contributed by atoms with van der Waals surface area (Å²) in [4.78, 5) is 6.54. The number of rotatable bonds is 4. The van der Waals surface area contributed by atoms with Gasteiger partial charge >= 0.3 is 0 Å². The van der Waals surface area contributed by atoms with Gasteiger partial charge in [-0.1, -0.05) is 35.9 Å². The Labute approximate surface area is 196 Å². The average molecular weight is 461 g/mol. The number of thiocarbonyl (C=S) groups is 1. The molecule has 3 heterocycles. The summed E-state index contributed by atoms with van der Waals surface area (Å²) >= 11 is 12.1. The van der Waals surface area contributed by atoms with Crippen LogP contribution in [0.1, 0.15) is 29.2 Å². The fourth-order valence-electron chi connectivity index (χ4n) is 4.32. The lowest BCUT2D eigenvalue weighted by molar-refractivity contribution is 0.472. The van der Waals surface area contributed by atoms with Gasteiger partial charge in [0, 0.05) is 28.3 Å². The number of phenolic OH excluding ortho intramolecular Hbond substituents is 1. The molecule has 0 unspecified atom stereocenters. The number of anilines is 1. The van der Waals surface area contributed by atoms with Gasteiger partial charge in [-0.15, -0.1) is 0 Å². The molecule has 0 amide bonds. The summed E-state index contributed by atoms with van der Waals surface area (Å²) < 4.78 is 2.21. The van der Waals surface area contributed by atoms with E-state index in [1.54, 1.807) is 24.4 Å². The first-order valence-corrected chi connectivity index (χ1v) is 11.1. The Hall–Kier alpha value is -3.35. The number of pyridine rings is 1. The molecule has 0 saturated carbocycles. The molecule has 5 nitrogen and oxygen atoms in total. The highest BCUT2D eigenvalue weighted by Gasteiger charge is 2.43. The molecule has 1 aliphatic rings. The number of nitrogens with zero attached hydrogens (tertiary/aromatic N) is 3. The number of halogens is 1. The number of aromatic hydroxyl groups is 1. The number of hydrogen-bond acceptors (Lipinski definition) is 3. The average Bonchev–Trinajstić information content (AvgIpc) is 3.36. The number of phenols is 1. The summed E-state index contributed by atoms with van der Waals surface area (Å²) in [5, 5.41) is 15.2. The van der Waals surface area contributed by atoms with Gasteiger partial charge in [-0.2, -0.15) is 0 Å². The first-order valence-electron chi connectivity index (χ1n) is 10.3. The van der Waals surface area contributed by atoms with Gasteiger partial charge in [0.1, 0.15) is 11.8 Å². The van der Waals surface area contributed by atoms with Gasteiger partial charge in [0.15, 0.2) is 5.11 Å². The monoisotopic (exact) mass is 460 g/mol. The van der Waals surface area contributed by atoms with E-state index >= 15 is 0 Å². The first kappa shape index (κ1) is 20.5. The lowest BCUT2D eigenvalue weighted by Gasteiger charge is -2.29. The minimum atomic E-state index is -0.268. The van der Waals surface area contributed by atoms with Gasteiger partial charge in [0.05, 0.1) is 17.4 Å². The minimum absolute atomic E-state index is 0.111. The van der Waals surface area contributed by atoms with Crippen LogP contribution in [-0.4, -0.2) is 19.8 Å². The van der Waals surface area contributed by atoms with Crippen molar-refractivity contribution in [3.05, 3.63) is 107 Å². The number of benzene rings is 2. The highest BCUT2D eigenvalue weighted by Crippen LogP contribution is 2.45. The number of hydrogen-bond donors (Lipinski definition) is 2. The van der Waals surface area contributed by atoms with Crippen molar-refractivity contribution in [1.29, 1.82) is 0 Å². The first-order chi connectivity index (χ1) is 15.5. The van der Waals surface area contributed by atoms with Gasteiger partial charge < -0.3 is 19.9 Å². The van der Waals surface area contributed by atoms with Gasteiger partial charge in [0.2, 0.25) is 0 Å². The van der Waals surface area contributed by atoms with Crippen molar-refractivity contribution in [3.8, 4) is 11.4 Å². The third kappa shape index (κ3) is 3.51. The summed E-state index contributed by atoms with van der Waals surface area (Å²) in [6, 6.07) is 24.7. The van der Waals surface area contributed by atoms with E-state index in [0.717, 1.165) is 22.8 Å². The molecule has 0 aliphatic carbocycles. The van der Waals surface area contributed by atoms with E-state index in [4.69, 9.17) is 23.8 Å². The van der Waals surface area contributed by atoms with Crippen molar-refractivity contribution < 1.29 is 5.11 Å². The highest BCUT2D eigenvalue weighted by molar-refractivity contribution is 7.80. The van der Waals surface area contributed by atoms with E-state index < -0.39 is 0 Å². The number of para-hydroxylation sites is 1. The molecule has 4 aromatic rings. The lowest BCUT2D eigenvalue weighted by Crippen LogP contribution is -2.30. The Morgan fingerprint density at radius 1 is 1.00 bits per heavy atom. The predicted octanol–water partition coefficient (Wildman–Crippen LogP) is 5.72. The zero-order valence-electron chi connectivity index (χ0n) is 17.3. The third-order valence-corrected chi connectivity index (χ3v) is 6.27. The second-order valence-electron chi connectivity index (χ2n) is 7.70. The molecular formula is C25H21ClN4OS. The molecule has 0 spiro atoms. The van der Waals surface area contributed by atoms with Crippen LogP contribution < -0.4 is 10.2 Å². The Bertz CT molecular complexity index is 1280. The van der Waals surface area contributed by atoms with E-state index in [-0.39, 0.29) is 17.8 Å². The van der Waals surface area contributed by atoms with Crippen LogP contribution in [0.5, 0.6) is 5.75 Å². The molecule has 2 aromatic heterocycles. The zero-order chi connectivity index (χ0) is 22.2. The molecule has 2 N–H and O–H groups in total. The van der Waals surface area contributed by atoms with Gasteiger partial charge in [-0.25, -0.2) is 0 Å². The summed E-state index contributed by atoms with van der Waals surface area (Å²) in [5.74, 6) is 0.111. The molecule has 32 heavy (non-hydrogen) atoms. The maximum atomic E-state index is 10.7. The van der Waals surface area contributed by atoms with Crippen molar-refractivity contribution >= 4 is 34.6 Å². The van der Waals surface area contributed by atoms with Gasteiger partial charge in [-0.3, -0.25) is 4.98 Å². The zero-order valence-corrected chi connectivity index (χ0v) is 18.9. The Balaban J connectivity index is 1.73. The quantitative estimate of drug-likeness (QED) is 0.381. The predicted molar refractivity (Wildman–Crippen MR) is 132 cm³/mol. The van der Waals surface area contributed by atoms with Crippen LogP contribution in [0.2, 0.25) is 5.02 Å².